The normalized spacial score (nSPS) is 12.6. The number of hydrogen-bond acceptors (Lipinski definition) is 5. The fraction of sp³-hybridized carbons (Fsp3) is 0.400. The standard InChI is InChI=1S/C15H18F3N5O2S2/c1-20-13(25)23(2)6-9(21-12(19)24)7-26-14-22-10-4-3-8(15(16,17)18)5-11(10)27-14/h3-5,9H,6-7H2,1-2H3,(H,20,25)(H3,19,21,24). The van der Waals surface area contributed by atoms with E-state index in [4.69, 9.17) is 5.73 Å². The molecule has 2 aromatic rings. The van der Waals surface area contributed by atoms with Crippen LogP contribution in [0.2, 0.25) is 0 Å². The van der Waals surface area contributed by atoms with Gasteiger partial charge in [-0.3, -0.25) is 0 Å². The van der Waals surface area contributed by atoms with Crippen LogP contribution >= 0.6 is 23.1 Å². The van der Waals surface area contributed by atoms with Crippen molar-refractivity contribution in [3.05, 3.63) is 23.8 Å². The molecule has 12 heteroatoms. The molecule has 0 fully saturated rings. The molecule has 1 aromatic carbocycles. The van der Waals surface area contributed by atoms with Crippen molar-refractivity contribution in [3.8, 4) is 0 Å². The Kier molecular flexibility index (Phi) is 6.76. The summed E-state index contributed by atoms with van der Waals surface area (Å²) in [6, 6.07) is 1.88. The summed E-state index contributed by atoms with van der Waals surface area (Å²) in [6.07, 6.45) is -4.41. The van der Waals surface area contributed by atoms with Gasteiger partial charge in [0.15, 0.2) is 4.34 Å². The Morgan fingerprint density at radius 3 is 2.70 bits per heavy atom. The number of fused-ring (bicyclic) bond motifs is 1. The second-order valence-electron chi connectivity index (χ2n) is 5.61. The quantitative estimate of drug-likeness (QED) is 0.625. The molecule has 0 saturated carbocycles. The lowest BCUT2D eigenvalue weighted by molar-refractivity contribution is -0.137. The van der Waals surface area contributed by atoms with Gasteiger partial charge in [0.25, 0.3) is 0 Å². The second-order valence-corrected chi connectivity index (χ2v) is 7.91. The van der Waals surface area contributed by atoms with E-state index in [1.165, 1.54) is 29.8 Å². The average molecular weight is 421 g/mol. The number of nitrogens with zero attached hydrogens (tertiary/aromatic N) is 2. The van der Waals surface area contributed by atoms with Crippen LogP contribution in [0.1, 0.15) is 5.56 Å². The molecule has 1 heterocycles. The highest BCUT2D eigenvalue weighted by atomic mass is 32.2. The summed E-state index contributed by atoms with van der Waals surface area (Å²) in [7, 11) is 3.05. The van der Waals surface area contributed by atoms with E-state index in [-0.39, 0.29) is 12.6 Å². The van der Waals surface area contributed by atoms with Crippen LogP contribution in [-0.2, 0) is 6.18 Å². The van der Waals surface area contributed by atoms with Crippen molar-refractivity contribution < 1.29 is 22.8 Å². The number of likely N-dealkylation sites (N-methyl/N-ethyl adjacent to an activating group) is 1. The van der Waals surface area contributed by atoms with Gasteiger partial charge in [0.2, 0.25) is 0 Å². The first kappa shape index (κ1) is 21.1. The van der Waals surface area contributed by atoms with Crippen molar-refractivity contribution in [2.24, 2.45) is 5.73 Å². The van der Waals surface area contributed by atoms with Crippen LogP contribution in [0.4, 0.5) is 22.8 Å². The summed E-state index contributed by atoms with van der Waals surface area (Å²) < 4.78 is 39.4. The van der Waals surface area contributed by atoms with Gasteiger partial charge >= 0.3 is 18.2 Å². The molecule has 0 aliphatic rings. The minimum Gasteiger partial charge on any atom is -0.352 e. The molecule has 1 unspecified atom stereocenters. The van der Waals surface area contributed by atoms with E-state index in [0.717, 1.165) is 23.5 Å². The van der Waals surface area contributed by atoms with Crippen LogP contribution in [0.5, 0.6) is 0 Å². The molecule has 27 heavy (non-hydrogen) atoms. The minimum atomic E-state index is -4.41. The zero-order valence-electron chi connectivity index (χ0n) is 14.5. The van der Waals surface area contributed by atoms with Gasteiger partial charge in [-0.2, -0.15) is 13.2 Å². The number of rotatable bonds is 6. The van der Waals surface area contributed by atoms with Crippen LogP contribution < -0.4 is 16.4 Å². The number of halogens is 3. The number of primary amides is 1. The predicted molar refractivity (Wildman–Crippen MR) is 98.9 cm³/mol. The molecule has 0 aliphatic carbocycles. The molecule has 7 nitrogen and oxygen atoms in total. The Balaban J connectivity index is 2.09. The maximum absolute atomic E-state index is 12.8. The third-order valence-corrected chi connectivity index (χ3v) is 5.83. The lowest BCUT2D eigenvalue weighted by Crippen LogP contribution is -2.49. The summed E-state index contributed by atoms with van der Waals surface area (Å²) in [5, 5.41) is 5.01. The number of benzene rings is 1. The molecule has 0 bridgehead atoms. The molecule has 1 atom stereocenters. The largest absolute Gasteiger partial charge is 0.416 e. The van der Waals surface area contributed by atoms with Gasteiger partial charge in [-0.05, 0) is 18.2 Å². The predicted octanol–water partition coefficient (Wildman–Crippen LogP) is 2.72. The molecule has 0 spiro atoms. The van der Waals surface area contributed by atoms with E-state index in [0.29, 0.717) is 20.3 Å². The summed E-state index contributed by atoms with van der Waals surface area (Å²) >= 11 is 2.40. The molecule has 4 amide bonds. The highest BCUT2D eigenvalue weighted by molar-refractivity contribution is 8.01. The lowest BCUT2D eigenvalue weighted by atomic mass is 10.2. The summed E-state index contributed by atoms with van der Waals surface area (Å²) in [5.41, 5.74) is 4.91. The number of alkyl halides is 3. The van der Waals surface area contributed by atoms with E-state index in [2.05, 4.69) is 15.6 Å². The highest BCUT2D eigenvalue weighted by Crippen LogP contribution is 2.35. The van der Waals surface area contributed by atoms with Crippen LogP contribution in [0.15, 0.2) is 22.5 Å². The number of thiazole rings is 1. The Bertz CT molecular complexity index is 827. The maximum Gasteiger partial charge on any atom is 0.416 e. The molecule has 2 rings (SSSR count). The number of nitrogens with one attached hydrogen (secondary N) is 2. The van der Waals surface area contributed by atoms with Crippen LogP contribution in [-0.4, -0.2) is 54.4 Å². The van der Waals surface area contributed by atoms with E-state index in [9.17, 15) is 22.8 Å². The number of urea groups is 2. The Labute approximate surface area is 161 Å². The molecule has 1 aromatic heterocycles. The number of carbonyl (C=O) groups excluding carboxylic acids is 2. The molecule has 4 N–H and O–H groups in total. The number of aromatic nitrogens is 1. The zero-order valence-corrected chi connectivity index (χ0v) is 16.1. The topological polar surface area (TPSA) is 100 Å². The smallest absolute Gasteiger partial charge is 0.352 e. The van der Waals surface area contributed by atoms with Crippen molar-refractivity contribution in [1.82, 2.24) is 20.5 Å². The van der Waals surface area contributed by atoms with Gasteiger partial charge in [0.05, 0.1) is 21.8 Å². The van der Waals surface area contributed by atoms with Gasteiger partial charge in [-0.25, -0.2) is 14.6 Å². The number of thioether (sulfide) groups is 1. The fourth-order valence-electron chi connectivity index (χ4n) is 2.26. The maximum atomic E-state index is 12.8. The number of amides is 4. The number of nitrogens with two attached hydrogens (primary N) is 1. The van der Waals surface area contributed by atoms with Crippen molar-refractivity contribution in [2.75, 3.05) is 26.4 Å². The Hall–Kier alpha value is -2.21. The summed E-state index contributed by atoms with van der Waals surface area (Å²) in [6.45, 7) is 0.207. The zero-order chi connectivity index (χ0) is 20.2. The van der Waals surface area contributed by atoms with Crippen LogP contribution in [0.25, 0.3) is 10.2 Å². The number of carbonyl (C=O) groups is 2. The van der Waals surface area contributed by atoms with Crippen LogP contribution in [0.3, 0.4) is 0 Å². The van der Waals surface area contributed by atoms with E-state index in [1.54, 1.807) is 7.05 Å². The molecule has 0 saturated heterocycles. The summed E-state index contributed by atoms with van der Waals surface area (Å²) in [4.78, 5) is 28.5. The van der Waals surface area contributed by atoms with E-state index in [1.807, 2.05) is 0 Å². The van der Waals surface area contributed by atoms with Crippen molar-refractivity contribution in [2.45, 2.75) is 16.6 Å². The van der Waals surface area contributed by atoms with Gasteiger partial charge in [-0.1, -0.05) is 11.8 Å². The van der Waals surface area contributed by atoms with E-state index >= 15 is 0 Å². The van der Waals surface area contributed by atoms with Crippen molar-refractivity contribution >= 4 is 45.4 Å². The van der Waals surface area contributed by atoms with E-state index < -0.39 is 23.8 Å². The SMILES string of the molecule is CNC(=O)N(C)CC(CSc1nc2ccc(C(F)(F)F)cc2s1)NC(N)=O. The first-order valence-corrected chi connectivity index (χ1v) is 9.49. The van der Waals surface area contributed by atoms with Crippen LogP contribution in [0, 0.1) is 0 Å². The fourth-order valence-corrected chi connectivity index (χ4v) is 4.40. The average Bonchev–Trinajstić information content (AvgIpc) is 2.99. The van der Waals surface area contributed by atoms with Crippen molar-refractivity contribution in [1.29, 1.82) is 0 Å². The minimum absolute atomic E-state index is 0.207. The first-order chi connectivity index (χ1) is 12.6. The second kappa shape index (κ2) is 8.65. The Morgan fingerprint density at radius 2 is 2.11 bits per heavy atom. The third kappa shape index (κ3) is 5.89. The molecular weight excluding hydrogens is 403 g/mol. The first-order valence-electron chi connectivity index (χ1n) is 7.69. The number of hydrogen-bond donors (Lipinski definition) is 3. The Morgan fingerprint density at radius 1 is 1.41 bits per heavy atom. The van der Waals surface area contributed by atoms with Gasteiger partial charge in [0.1, 0.15) is 0 Å². The molecule has 148 valence electrons. The summed E-state index contributed by atoms with van der Waals surface area (Å²) in [5.74, 6) is 0.343. The molecular formula is C15H18F3N5O2S2. The third-order valence-electron chi connectivity index (χ3n) is 3.51. The van der Waals surface area contributed by atoms with Crippen molar-refractivity contribution in [3.63, 3.8) is 0 Å². The van der Waals surface area contributed by atoms with Gasteiger partial charge in [0, 0.05) is 26.4 Å². The molecule has 0 aliphatic heterocycles. The van der Waals surface area contributed by atoms with Gasteiger partial charge in [-0.15, -0.1) is 11.3 Å². The monoisotopic (exact) mass is 421 g/mol. The lowest BCUT2D eigenvalue weighted by Gasteiger charge is -2.23. The molecule has 0 radical (unpaired) electrons. The highest BCUT2D eigenvalue weighted by Gasteiger charge is 2.30. The van der Waals surface area contributed by atoms with Gasteiger partial charge < -0.3 is 21.3 Å².